The van der Waals surface area contributed by atoms with Gasteiger partial charge in [0.05, 0.1) is 5.60 Å². The lowest BCUT2D eigenvalue weighted by molar-refractivity contribution is 0.0175. The molecule has 1 N–H and O–H groups in total. The van der Waals surface area contributed by atoms with Crippen LogP contribution in [0.3, 0.4) is 0 Å². The average molecular weight is 228 g/mol. The van der Waals surface area contributed by atoms with Crippen LogP contribution in [0.1, 0.15) is 40.5 Å². The molecule has 0 radical (unpaired) electrons. The van der Waals surface area contributed by atoms with Crippen LogP contribution in [-0.4, -0.2) is 49.3 Å². The van der Waals surface area contributed by atoms with Gasteiger partial charge in [0.1, 0.15) is 0 Å². The van der Waals surface area contributed by atoms with Gasteiger partial charge in [0.15, 0.2) is 0 Å². The molecule has 0 aromatic carbocycles. The van der Waals surface area contributed by atoms with Crippen molar-refractivity contribution < 1.29 is 4.74 Å². The fourth-order valence-corrected chi connectivity index (χ4v) is 2.34. The lowest BCUT2D eigenvalue weighted by atomic mass is 9.97. The number of hydrogen-bond acceptors (Lipinski definition) is 3. The Labute approximate surface area is 101 Å². The van der Waals surface area contributed by atoms with E-state index in [-0.39, 0.29) is 5.60 Å². The van der Waals surface area contributed by atoms with E-state index in [0.717, 1.165) is 6.54 Å². The number of hydrogen-bond donors (Lipinski definition) is 1. The third-order valence-corrected chi connectivity index (χ3v) is 3.79. The van der Waals surface area contributed by atoms with Crippen molar-refractivity contribution in [3.63, 3.8) is 0 Å². The van der Waals surface area contributed by atoms with Gasteiger partial charge in [-0.1, -0.05) is 6.92 Å². The quantitative estimate of drug-likeness (QED) is 0.777. The van der Waals surface area contributed by atoms with Crippen molar-refractivity contribution in [2.45, 2.75) is 58.2 Å². The zero-order valence-electron chi connectivity index (χ0n) is 11.5. The van der Waals surface area contributed by atoms with Crippen molar-refractivity contribution in [1.82, 2.24) is 10.2 Å². The van der Waals surface area contributed by atoms with Crippen LogP contribution < -0.4 is 5.32 Å². The van der Waals surface area contributed by atoms with Crippen LogP contribution in [0.5, 0.6) is 0 Å². The van der Waals surface area contributed by atoms with Crippen molar-refractivity contribution in [3.05, 3.63) is 0 Å². The largest absolute Gasteiger partial charge is 0.377 e. The predicted octanol–water partition coefficient (Wildman–Crippen LogP) is 1.87. The van der Waals surface area contributed by atoms with Gasteiger partial charge >= 0.3 is 0 Å². The normalized spacial score (nSPS) is 28.3. The van der Waals surface area contributed by atoms with E-state index in [9.17, 15) is 0 Å². The highest BCUT2D eigenvalue weighted by Gasteiger charge is 2.25. The summed E-state index contributed by atoms with van der Waals surface area (Å²) in [5, 5.41) is 3.64. The summed E-state index contributed by atoms with van der Waals surface area (Å²) < 4.78 is 5.42. The minimum absolute atomic E-state index is 0.0505. The Kier molecular flexibility index (Phi) is 5.22. The van der Waals surface area contributed by atoms with Gasteiger partial charge in [-0.2, -0.15) is 0 Å². The zero-order valence-corrected chi connectivity index (χ0v) is 11.5. The number of rotatable bonds is 5. The highest BCUT2D eigenvalue weighted by atomic mass is 16.5. The lowest BCUT2D eigenvalue weighted by Gasteiger charge is -2.38. The monoisotopic (exact) mass is 228 g/mol. The molecule has 96 valence electrons. The molecule has 16 heavy (non-hydrogen) atoms. The van der Waals surface area contributed by atoms with Gasteiger partial charge in [-0.15, -0.1) is 0 Å². The van der Waals surface area contributed by atoms with E-state index >= 15 is 0 Å². The molecule has 0 amide bonds. The molecule has 1 rings (SSSR count). The van der Waals surface area contributed by atoms with Crippen LogP contribution in [0, 0.1) is 0 Å². The number of likely N-dealkylation sites (tertiary alicyclic amines) is 1. The summed E-state index contributed by atoms with van der Waals surface area (Å²) in [6, 6.07) is 1.37. The first-order valence-electron chi connectivity index (χ1n) is 6.51. The molecule has 1 aliphatic heterocycles. The van der Waals surface area contributed by atoms with Gasteiger partial charge < -0.3 is 15.0 Å². The van der Waals surface area contributed by atoms with Crippen LogP contribution in [0.25, 0.3) is 0 Å². The number of methoxy groups -OCH3 is 1. The van der Waals surface area contributed by atoms with Gasteiger partial charge in [-0.05, 0) is 46.7 Å². The average Bonchev–Trinajstić information content (AvgIpc) is 2.27. The second-order valence-electron chi connectivity index (χ2n) is 5.54. The van der Waals surface area contributed by atoms with Crippen LogP contribution in [0.2, 0.25) is 0 Å². The summed E-state index contributed by atoms with van der Waals surface area (Å²) in [6.07, 6.45) is 2.52. The Morgan fingerprint density at radius 3 is 2.62 bits per heavy atom. The number of ether oxygens (including phenoxy) is 1. The Hall–Kier alpha value is -0.120. The highest BCUT2D eigenvalue weighted by Crippen LogP contribution is 2.17. The van der Waals surface area contributed by atoms with Gasteiger partial charge in [-0.25, -0.2) is 0 Å². The highest BCUT2D eigenvalue weighted by molar-refractivity contribution is 4.84. The van der Waals surface area contributed by atoms with Crippen molar-refractivity contribution in [3.8, 4) is 0 Å². The summed E-state index contributed by atoms with van der Waals surface area (Å²) in [6.45, 7) is 12.2. The molecule has 2 atom stereocenters. The van der Waals surface area contributed by atoms with Crippen molar-refractivity contribution in [1.29, 1.82) is 0 Å². The van der Waals surface area contributed by atoms with E-state index in [4.69, 9.17) is 4.74 Å². The molecule has 1 heterocycles. The molecule has 0 saturated carbocycles. The van der Waals surface area contributed by atoms with Gasteiger partial charge in [0.2, 0.25) is 0 Å². The zero-order chi connectivity index (χ0) is 12.2. The smallest absolute Gasteiger partial charge is 0.0746 e. The van der Waals surface area contributed by atoms with Gasteiger partial charge in [0.25, 0.3) is 0 Å². The third-order valence-electron chi connectivity index (χ3n) is 3.79. The first-order chi connectivity index (χ1) is 7.48. The fraction of sp³-hybridized carbons (Fsp3) is 1.00. The Morgan fingerprint density at radius 1 is 1.44 bits per heavy atom. The van der Waals surface area contributed by atoms with Crippen LogP contribution in [0.4, 0.5) is 0 Å². The number of piperidine rings is 1. The first-order valence-corrected chi connectivity index (χ1v) is 6.51. The molecule has 2 unspecified atom stereocenters. The summed E-state index contributed by atoms with van der Waals surface area (Å²) in [5.41, 5.74) is -0.0505. The summed E-state index contributed by atoms with van der Waals surface area (Å²) in [5.74, 6) is 0. The van der Waals surface area contributed by atoms with Crippen molar-refractivity contribution in [2.24, 2.45) is 0 Å². The molecule has 1 fully saturated rings. The maximum absolute atomic E-state index is 5.42. The molecule has 3 nitrogen and oxygen atoms in total. The van der Waals surface area contributed by atoms with Gasteiger partial charge in [-0.3, -0.25) is 0 Å². The number of nitrogens with zero attached hydrogens (tertiary/aromatic N) is 1. The van der Waals surface area contributed by atoms with Crippen LogP contribution >= 0.6 is 0 Å². The Morgan fingerprint density at radius 2 is 2.12 bits per heavy atom. The van der Waals surface area contributed by atoms with Crippen molar-refractivity contribution >= 4 is 0 Å². The van der Waals surface area contributed by atoms with E-state index in [0.29, 0.717) is 12.1 Å². The minimum atomic E-state index is -0.0505. The summed E-state index contributed by atoms with van der Waals surface area (Å²) >= 11 is 0. The molecule has 0 spiro atoms. The molecule has 3 heteroatoms. The molecule has 0 aliphatic carbocycles. The summed E-state index contributed by atoms with van der Waals surface area (Å²) in [7, 11) is 1.78. The van der Waals surface area contributed by atoms with E-state index < -0.39 is 0 Å². The van der Waals surface area contributed by atoms with E-state index in [1.807, 2.05) is 0 Å². The molecule has 1 saturated heterocycles. The fourth-order valence-electron chi connectivity index (χ4n) is 2.34. The molecule has 0 aromatic rings. The predicted molar refractivity (Wildman–Crippen MR) is 68.8 cm³/mol. The van der Waals surface area contributed by atoms with E-state index in [1.54, 1.807) is 7.11 Å². The van der Waals surface area contributed by atoms with Gasteiger partial charge in [0, 0.05) is 25.7 Å². The van der Waals surface area contributed by atoms with Crippen LogP contribution in [-0.2, 0) is 4.74 Å². The molecule has 1 aliphatic rings. The van der Waals surface area contributed by atoms with Crippen LogP contribution in [0.15, 0.2) is 0 Å². The first kappa shape index (κ1) is 13.9. The molecular weight excluding hydrogens is 200 g/mol. The maximum atomic E-state index is 5.42. The van der Waals surface area contributed by atoms with E-state index in [1.165, 1.54) is 25.9 Å². The summed E-state index contributed by atoms with van der Waals surface area (Å²) in [4.78, 5) is 2.56. The Bertz CT molecular complexity index is 206. The SMILES string of the molecule is CCN1CCC(NCC(C)(C)OC)CC1C. The molecule has 0 bridgehead atoms. The number of nitrogens with one attached hydrogen (secondary N) is 1. The topological polar surface area (TPSA) is 24.5 Å². The standard InChI is InChI=1S/C13H28N2O/c1-6-15-8-7-12(9-11(15)2)14-10-13(3,4)16-5/h11-12,14H,6-10H2,1-5H3. The second kappa shape index (κ2) is 5.99. The maximum Gasteiger partial charge on any atom is 0.0746 e. The molecule has 0 aromatic heterocycles. The Balaban J connectivity index is 2.30. The van der Waals surface area contributed by atoms with E-state index in [2.05, 4.69) is 37.9 Å². The molecular formula is C13H28N2O. The van der Waals surface area contributed by atoms with Crippen molar-refractivity contribution in [2.75, 3.05) is 26.7 Å². The minimum Gasteiger partial charge on any atom is -0.377 e. The third kappa shape index (κ3) is 4.04. The lowest BCUT2D eigenvalue weighted by Crippen LogP contribution is -2.50. The second-order valence-corrected chi connectivity index (χ2v) is 5.54.